The van der Waals surface area contributed by atoms with Crippen molar-refractivity contribution < 1.29 is 24.0 Å². The summed E-state index contributed by atoms with van der Waals surface area (Å²) in [7, 11) is 0. The summed E-state index contributed by atoms with van der Waals surface area (Å²) in [5.74, 6) is -1.52. The molecule has 9 nitrogen and oxygen atoms in total. The second kappa shape index (κ2) is 8.79. The van der Waals surface area contributed by atoms with Crippen LogP contribution in [0, 0.1) is 5.92 Å². The zero-order valence-corrected chi connectivity index (χ0v) is 15.9. The van der Waals surface area contributed by atoms with Gasteiger partial charge in [-0.05, 0) is 26.2 Å². The Bertz CT molecular complexity index is 657. The van der Waals surface area contributed by atoms with Crippen LogP contribution in [-0.4, -0.2) is 71.1 Å². The maximum absolute atomic E-state index is 12.3. The molecule has 27 heavy (non-hydrogen) atoms. The molecule has 1 unspecified atom stereocenters. The minimum absolute atomic E-state index is 0.0487. The molecule has 5 amide bonds. The number of imide groups is 1. The average molecular weight is 378 g/mol. The number of carbonyl (C=O) groups is 5. The smallest absolute Gasteiger partial charge is 0.253 e. The van der Waals surface area contributed by atoms with E-state index < -0.39 is 35.7 Å². The first kappa shape index (κ1) is 20.6. The van der Waals surface area contributed by atoms with Crippen LogP contribution < -0.4 is 10.6 Å². The molecule has 0 aromatic heterocycles. The normalized spacial score (nSPS) is 21.4. The number of likely N-dealkylation sites (tertiary alicyclic amines) is 1. The Morgan fingerprint density at radius 2 is 1.74 bits per heavy atom. The van der Waals surface area contributed by atoms with Crippen LogP contribution in [0.2, 0.25) is 0 Å². The first-order chi connectivity index (χ1) is 12.7. The molecule has 1 saturated heterocycles. The summed E-state index contributed by atoms with van der Waals surface area (Å²) in [6.45, 7) is 6.54. The van der Waals surface area contributed by atoms with Crippen LogP contribution in [0.15, 0.2) is 12.2 Å². The molecule has 0 aliphatic carbocycles. The summed E-state index contributed by atoms with van der Waals surface area (Å²) in [4.78, 5) is 62.1. The van der Waals surface area contributed by atoms with Crippen molar-refractivity contribution in [3.63, 3.8) is 0 Å². The van der Waals surface area contributed by atoms with Crippen LogP contribution in [0.1, 0.15) is 33.6 Å². The standard InChI is InChI=1S/C18H26N4O5/c1-11-6-8-21(10-11)18(27)13(3)20-17(26)12(2)19-14(23)7-9-22-15(24)4-5-16(22)25/h4-5,11-13H,6-10H2,1-3H3,(H,19,23)(H,20,26)/t11?,12-,13-/m0/s1. The first-order valence-electron chi connectivity index (χ1n) is 9.11. The molecule has 0 spiro atoms. The zero-order valence-electron chi connectivity index (χ0n) is 15.9. The summed E-state index contributed by atoms with van der Waals surface area (Å²) in [6.07, 6.45) is 3.15. The molecule has 0 saturated carbocycles. The molecule has 2 heterocycles. The quantitative estimate of drug-likeness (QED) is 0.562. The van der Waals surface area contributed by atoms with Gasteiger partial charge in [0.25, 0.3) is 11.8 Å². The van der Waals surface area contributed by atoms with E-state index in [0.717, 1.165) is 23.5 Å². The summed E-state index contributed by atoms with van der Waals surface area (Å²) in [6, 6.07) is -1.51. The molecule has 9 heteroatoms. The fraction of sp³-hybridized carbons (Fsp3) is 0.611. The van der Waals surface area contributed by atoms with E-state index in [9.17, 15) is 24.0 Å². The first-order valence-corrected chi connectivity index (χ1v) is 9.11. The lowest BCUT2D eigenvalue weighted by molar-refractivity contribution is -0.137. The fourth-order valence-electron chi connectivity index (χ4n) is 3.05. The van der Waals surface area contributed by atoms with Crippen molar-refractivity contribution in [3.05, 3.63) is 12.2 Å². The van der Waals surface area contributed by atoms with Crippen LogP contribution in [0.4, 0.5) is 0 Å². The van der Waals surface area contributed by atoms with Crippen molar-refractivity contribution in [2.75, 3.05) is 19.6 Å². The Kier molecular flexibility index (Phi) is 6.70. The molecule has 0 radical (unpaired) electrons. The zero-order chi connectivity index (χ0) is 20.1. The van der Waals surface area contributed by atoms with Crippen LogP contribution in [-0.2, 0) is 24.0 Å². The van der Waals surface area contributed by atoms with Gasteiger partial charge in [-0.15, -0.1) is 0 Å². The van der Waals surface area contributed by atoms with Gasteiger partial charge in [0.2, 0.25) is 17.7 Å². The molecule has 1 fully saturated rings. The Morgan fingerprint density at radius 3 is 2.30 bits per heavy atom. The third kappa shape index (κ3) is 5.38. The van der Waals surface area contributed by atoms with Gasteiger partial charge in [0, 0.05) is 38.2 Å². The third-order valence-electron chi connectivity index (χ3n) is 4.70. The number of hydrogen-bond donors (Lipinski definition) is 2. The van der Waals surface area contributed by atoms with Gasteiger partial charge in [-0.1, -0.05) is 6.92 Å². The summed E-state index contributed by atoms with van der Waals surface area (Å²) in [5.41, 5.74) is 0. The van der Waals surface area contributed by atoms with E-state index in [1.54, 1.807) is 11.8 Å². The van der Waals surface area contributed by atoms with Crippen LogP contribution in [0.3, 0.4) is 0 Å². The van der Waals surface area contributed by atoms with E-state index in [1.807, 2.05) is 0 Å². The molecule has 2 aliphatic rings. The largest absolute Gasteiger partial charge is 0.345 e. The third-order valence-corrected chi connectivity index (χ3v) is 4.70. The molecule has 148 valence electrons. The second-order valence-corrected chi connectivity index (χ2v) is 7.11. The Morgan fingerprint density at radius 1 is 1.11 bits per heavy atom. The Hall–Kier alpha value is -2.71. The second-order valence-electron chi connectivity index (χ2n) is 7.11. The minimum Gasteiger partial charge on any atom is -0.345 e. The van der Waals surface area contributed by atoms with Crippen molar-refractivity contribution in [2.45, 2.75) is 45.7 Å². The number of carbonyl (C=O) groups excluding carboxylic acids is 5. The molecule has 0 aromatic carbocycles. The van der Waals surface area contributed by atoms with Crippen molar-refractivity contribution in [1.82, 2.24) is 20.4 Å². The van der Waals surface area contributed by atoms with Gasteiger partial charge in [0.05, 0.1) is 0 Å². The van der Waals surface area contributed by atoms with Gasteiger partial charge in [-0.3, -0.25) is 28.9 Å². The molecular formula is C18H26N4O5. The van der Waals surface area contributed by atoms with Gasteiger partial charge in [0.1, 0.15) is 12.1 Å². The number of rotatable bonds is 7. The van der Waals surface area contributed by atoms with E-state index in [1.165, 1.54) is 6.92 Å². The van der Waals surface area contributed by atoms with Crippen LogP contribution >= 0.6 is 0 Å². The highest BCUT2D eigenvalue weighted by Crippen LogP contribution is 2.15. The van der Waals surface area contributed by atoms with Gasteiger partial charge >= 0.3 is 0 Å². The van der Waals surface area contributed by atoms with Crippen LogP contribution in [0.25, 0.3) is 0 Å². The average Bonchev–Trinajstić information content (AvgIpc) is 3.18. The SMILES string of the molecule is CC1CCN(C(=O)[C@H](C)NC(=O)[C@H](C)NC(=O)CCN2C(=O)C=CC2=O)C1. The van der Waals surface area contributed by atoms with E-state index >= 15 is 0 Å². The number of nitrogens with zero attached hydrogens (tertiary/aromatic N) is 2. The maximum atomic E-state index is 12.3. The highest BCUT2D eigenvalue weighted by molar-refractivity contribution is 6.13. The maximum Gasteiger partial charge on any atom is 0.253 e. The Balaban J connectivity index is 1.74. The molecule has 2 N–H and O–H groups in total. The summed E-state index contributed by atoms with van der Waals surface area (Å²) >= 11 is 0. The minimum atomic E-state index is -0.839. The van der Waals surface area contributed by atoms with Crippen molar-refractivity contribution in [3.8, 4) is 0 Å². The molecule has 2 aliphatic heterocycles. The monoisotopic (exact) mass is 378 g/mol. The number of nitrogens with one attached hydrogen (secondary N) is 2. The summed E-state index contributed by atoms with van der Waals surface area (Å²) in [5, 5.41) is 5.12. The Labute approximate surface area is 158 Å². The predicted molar refractivity (Wildman–Crippen MR) is 96.0 cm³/mol. The molecule has 2 rings (SSSR count). The van der Waals surface area contributed by atoms with E-state index in [-0.39, 0.29) is 18.9 Å². The fourth-order valence-corrected chi connectivity index (χ4v) is 3.05. The van der Waals surface area contributed by atoms with Gasteiger partial charge in [-0.2, -0.15) is 0 Å². The van der Waals surface area contributed by atoms with E-state index in [2.05, 4.69) is 17.6 Å². The molecule has 0 aromatic rings. The van der Waals surface area contributed by atoms with Crippen molar-refractivity contribution >= 4 is 29.5 Å². The highest BCUT2D eigenvalue weighted by atomic mass is 16.2. The van der Waals surface area contributed by atoms with Gasteiger partial charge < -0.3 is 15.5 Å². The molecular weight excluding hydrogens is 352 g/mol. The number of hydrogen-bond acceptors (Lipinski definition) is 5. The van der Waals surface area contributed by atoms with E-state index in [4.69, 9.17) is 0 Å². The van der Waals surface area contributed by atoms with Gasteiger partial charge in [0.15, 0.2) is 0 Å². The lowest BCUT2D eigenvalue weighted by Crippen LogP contribution is -2.52. The van der Waals surface area contributed by atoms with Crippen LogP contribution in [0.5, 0.6) is 0 Å². The number of amides is 5. The van der Waals surface area contributed by atoms with Crippen molar-refractivity contribution in [1.29, 1.82) is 0 Å². The van der Waals surface area contributed by atoms with E-state index in [0.29, 0.717) is 19.0 Å². The lowest BCUT2D eigenvalue weighted by Gasteiger charge is -2.23. The van der Waals surface area contributed by atoms with Gasteiger partial charge in [-0.25, -0.2) is 0 Å². The highest BCUT2D eigenvalue weighted by Gasteiger charge is 2.29. The molecule has 3 atom stereocenters. The molecule has 0 bridgehead atoms. The lowest BCUT2D eigenvalue weighted by atomic mass is 10.2. The predicted octanol–water partition coefficient (Wildman–Crippen LogP) is -0.821. The topological polar surface area (TPSA) is 116 Å². The summed E-state index contributed by atoms with van der Waals surface area (Å²) < 4.78 is 0. The van der Waals surface area contributed by atoms with Crippen molar-refractivity contribution in [2.24, 2.45) is 5.92 Å².